The lowest BCUT2D eigenvalue weighted by atomic mass is 9.93. The molecule has 0 bridgehead atoms. The van der Waals surface area contributed by atoms with E-state index in [4.69, 9.17) is 5.73 Å². The molecule has 2 N–H and O–H groups in total. The molecule has 11 heteroatoms. The summed E-state index contributed by atoms with van der Waals surface area (Å²) in [5, 5.41) is 3.48. The van der Waals surface area contributed by atoms with Crippen molar-refractivity contribution in [2.24, 2.45) is 11.7 Å². The number of rotatable bonds is 4. The molecule has 1 aliphatic rings. The molecule has 0 aromatic carbocycles. The van der Waals surface area contributed by atoms with E-state index in [1.165, 1.54) is 4.31 Å². The first-order valence-electron chi connectivity index (χ1n) is 6.94. The van der Waals surface area contributed by atoms with Crippen LogP contribution in [0, 0.1) is 5.92 Å². The number of nitrogens with zero attached hydrogens (tertiary/aromatic N) is 3. The zero-order chi connectivity index (χ0) is 16.5. The van der Waals surface area contributed by atoms with Crippen LogP contribution in [0.5, 0.6) is 0 Å². The first-order valence-corrected chi connectivity index (χ1v) is 8.38. The van der Waals surface area contributed by atoms with Gasteiger partial charge in [-0.05, 0) is 25.7 Å². The minimum atomic E-state index is -4.45. The molecular weight excluding hydrogens is 357 g/mol. The minimum absolute atomic E-state index is 0. The first kappa shape index (κ1) is 20.2. The number of hydrogen-bond acceptors (Lipinski definition) is 4. The van der Waals surface area contributed by atoms with Crippen molar-refractivity contribution in [3.8, 4) is 0 Å². The van der Waals surface area contributed by atoms with Crippen molar-refractivity contribution < 1.29 is 21.6 Å². The molecule has 23 heavy (non-hydrogen) atoms. The topological polar surface area (TPSA) is 81.2 Å². The molecule has 1 aromatic rings. The van der Waals surface area contributed by atoms with Crippen molar-refractivity contribution in [3.05, 3.63) is 12.4 Å². The van der Waals surface area contributed by atoms with E-state index in [2.05, 4.69) is 5.10 Å². The number of aromatic nitrogens is 2. The first-order chi connectivity index (χ1) is 10.1. The Labute approximate surface area is 139 Å². The zero-order valence-electron chi connectivity index (χ0n) is 12.5. The lowest BCUT2D eigenvalue weighted by Crippen LogP contribution is -2.44. The predicted molar refractivity (Wildman–Crippen MR) is 80.7 cm³/mol. The summed E-state index contributed by atoms with van der Waals surface area (Å²) < 4.78 is 63.8. The fraction of sp³-hybridized carbons (Fsp3) is 0.750. The van der Waals surface area contributed by atoms with Crippen molar-refractivity contribution >= 4 is 22.4 Å². The van der Waals surface area contributed by atoms with Crippen LogP contribution >= 0.6 is 12.4 Å². The van der Waals surface area contributed by atoms with Gasteiger partial charge in [-0.3, -0.25) is 4.68 Å². The van der Waals surface area contributed by atoms with Gasteiger partial charge in [0.25, 0.3) is 0 Å². The third kappa shape index (κ3) is 5.07. The van der Waals surface area contributed by atoms with Crippen molar-refractivity contribution in [1.29, 1.82) is 0 Å². The number of alkyl halides is 3. The number of halogens is 4. The van der Waals surface area contributed by atoms with Crippen LogP contribution in [-0.2, 0) is 16.6 Å². The van der Waals surface area contributed by atoms with Crippen molar-refractivity contribution in [1.82, 2.24) is 14.1 Å². The molecule has 1 saturated heterocycles. The second-order valence-corrected chi connectivity index (χ2v) is 7.55. The van der Waals surface area contributed by atoms with Crippen LogP contribution in [0.15, 0.2) is 17.3 Å². The quantitative estimate of drug-likeness (QED) is 0.865. The van der Waals surface area contributed by atoms with Crippen LogP contribution in [0.1, 0.15) is 19.8 Å². The molecule has 2 heterocycles. The van der Waals surface area contributed by atoms with Crippen LogP contribution in [-0.4, -0.2) is 47.8 Å². The largest absolute Gasteiger partial charge is 0.408 e. The summed E-state index contributed by atoms with van der Waals surface area (Å²) in [5.41, 5.74) is 5.82. The minimum Gasteiger partial charge on any atom is -0.328 e. The van der Waals surface area contributed by atoms with E-state index < -0.39 is 22.7 Å². The molecule has 0 spiro atoms. The van der Waals surface area contributed by atoms with Gasteiger partial charge in [-0.2, -0.15) is 22.6 Å². The third-order valence-corrected chi connectivity index (χ3v) is 5.57. The second kappa shape index (κ2) is 7.37. The Bertz CT molecular complexity index is 618. The summed E-state index contributed by atoms with van der Waals surface area (Å²) in [4.78, 5) is -0.220. The van der Waals surface area contributed by atoms with Gasteiger partial charge in [-0.15, -0.1) is 12.4 Å². The highest BCUT2D eigenvalue weighted by molar-refractivity contribution is 7.89. The van der Waals surface area contributed by atoms with Gasteiger partial charge in [0, 0.05) is 25.3 Å². The van der Waals surface area contributed by atoms with E-state index in [1.807, 2.05) is 6.92 Å². The maximum atomic E-state index is 12.5. The van der Waals surface area contributed by atoms with Gasteiger partial charge in [0.05, 0.1) is 6.20 Å². The van der Waals surface area contributed by atoms with Crippen LogP contribution in [0.2, 0.25) is 0 Å². The van der Waals surface area contributed by atoms with Gasteiger partial charge in [-0.25, -0.2) is 8.42 Å². The number of nitrogens with two attached hydrogens (primary N) is 1. The second-order valence-electron chi connectivity index (χ2n) is 5.61. The van der Waals surface area contributed by atoms with Crippen molar-refractivity contribution in [3.63, 3.8) is 0 Å². The number of piperidine rings is 1. The van der Waals surface area contributed by atoms with E-state index in [-0.39, 0.29) is 35.8 Å². The lowest BCUT2D eigenvalue weighted by Gasteiger charge is -2.33. The molecule has 0 saturated carbocycles. The Morgan fingerprint density at radius 2 is 2.13 bits per heavy atom. The Kier molecular flexibility index (Phi) is 6.47. The standard InChI is InChI=1S/C12H19F3N4O2S.ClH/c1-9(16)10-3-2-4-19(6-10)22(20,21)11-5-17-18(7-11)8-12(13,14)15;/h5,7,9-10H,2-4,6,8,16H2,1H3;1H. The summed E-state index contributed by atoms with van der Waals surface area (Å²) in [6, 6.07) is -0.133. The highest BCUT2D eigenvalue weighted by atomic mass is 35.5. The molecule has 1 fully saturated rings. The SMILES string of the molecule is CC(N)C1CCCN(S(=O)(=O)c2cnn(CC(F)(F)F)c2)C1.Cl. The van der Waals surface area contributed by atoms with E-state index >= 15 is 0 Å². The van der Waals surface area contributed by atoms with Gasteiger partial charge < -0.3 is 5.73 Å². The highest BCUT2D eigenvalue weighted by Crippen LogP contribution is 2.25. The van der Waals surface area contributed by atoms with Crippen LogP contribution in [0.25, 0.3) is 0 Å². The van der Waals surface area contributed by atoms with Gasteiger partial charge in [0.2, 0.25) is 10.0 Å². The van der Waals surface area contributed by atoms with E-state index in [1.54, 1.807) is 0 Å². The van der Waals surface area contributed by atoms with Crippen LogP contribution in [0.3, 0.4) is 0 Å². The average molecular weight is 377 g/mol. The summed E-state index contributed by atoms with van der Waals surface area (Å²) >= 11 is 0. The molecule has 6 nitrogen and oxygen atoms in total. The highest BCUT2D eigenvalue weighted by Gasteiger charge is 2.33. The molecule has 0 radical (unpaired) electrons. The lowest BCUT2D eigenvalue weighted by molar-refractivity contribution is -0.142. The van der Waals surface area contributed by atoms with Gasteiger partial charge >= 0.3 is 6.18 Å². The third-order valence-electron chi connectivity index (χ3n) is 3.75. The maximum absolute atomic E-state index is 12.5. The van der Waals surface area contributed by atoms with Crippen molar-refractivity contribution in [2.45, 2.75) is 43.4 Å². The normalized spacial score (nSPS) is 21.7. The number of hydrogen-bond donors (Lipinski definition) is 1. The maximum Gasteiger partial charge on any atom is 0.408 e. The van der Waals surface area contributed by atoms with Gasteiger partial charge in [-0.1, -0.05) is 0 Å². The van der Waals surface area contributed by atoms with E-state index in [9.17, 15) is 21.6 Å². The molecule has 2 atom stereocenters. The summed E-state index contributed by atoms with van der Waals surface area (Å²) in [7, 11) is -3.84. The molecule has 1 aliphatic heterocycles. The average Bonchev–Trinajstić information content (AvgIpc) is 2.85. The molecule has 2 rings (SSSR count). The Morgan fingerprint density at radius 3 is 2.70 bits per heavy atom. The molecule has 0 aliphatic carbocycles. The monoisotopic (exact) mass is 376 g/mol. The van der Waals surface area contributed by atoms with E-state index in [0.29, 0.717) is 17.6 Å². The molecular formula is C12H20ClF3N4O2S. The van der Waals surface area contributed by atoms with Crippen LogP contribution in [0.4, 0.5) is 13.2 Å². The molecule has 0 amide bonds. The van der Waals surface area contributed by atoms with Crippen molar-refractivity contribution in [2.75, 3.05) is 13.1 Å². The predicted octanol–water partition coefficient (Wildman–Crippen LogP) is 1.62. The smallest absolute Gasteiger partial charge is 0.328 e. The van der Waals surface area contributed by atoms with Crippen LogP contribution < -0.4 is 5.73 Å². The fourth-order valence-corrected chi connectivity index (χ4v) is 4.01. The molecule has 1 aromatic heterocycles. The summed E-state index contributed by atoms with van der Waals surface area (Å²) in [6.07, 6.45) is -1.05. The van der Waals surface area contributed by atoms with Gasteiger partial charge in [0.15, 0.2) is 0 Å². The van der Waals surface area contributed by atoms with Gasteiger partial charge in [0.1, 0.15) is 11.4 Å². The Hall–Kier alpha value is -0.840. The summed E-state index contributed by atoms with van der Waals surface area (Å²) in [6.45, 7) is 1.13. The van der Waals surface area contributed by atoms with E-state index in [0.717, 1.165) is 18.8 Å². The Balaban J connectivity index is 0.00000264. The number of sulfonamides is 1. The molecule has 2 unspecified atom stereocenters. The molecule has 134 valence electrons. The fourth-order valence-electron chi connectivity index (χ4n) is 2.52. The Morgan fingerprint density at radius 1 is 1.48 bits per heavy atom. The zero-order valence-corrected chi connectivity index (χ0v) is 14.2. The summed E-state index contributed by atoms with van der Waals surface area (Å²) in [5.74, 6) is 0.0498.